The number of aliphatic imine (C=N–C) groups is 1. The van der Waals surface area contributed by atoms with Crippen molar-refractivity contribution >= 4 is 34.0 Å². The Morgan fingerprint density at radius 1 is 1.33 bits per heavy atom. The minimum atomic E-state index is -0.494. The van der Waals surface area contributed by atoms with Crippen molar-refractivity contribution in [2.75, 3.05) is 0 Å². The number of amidine groups is 1. The fourth-order valence-corrected chi connectivity index (χ4v) is 4.00. The van der Waals surface area contributed by atoms with Gasteiger partial charge >= 0.3 is 0 Å². The number of halogens is 1. The second kappa shape index (κ2) is 7.18. The maximum absolute atomic E-state index is 13.1. The summed E-state index contributed by atoms with van der Waals surface area (Å²) in [6.07, 6.45) is 7.72. The lowest BCUT2D eigenvalue weighted by molar-refractivity contribution is -0.131. The zero-order valence-electron chi connectivity index (χ0n) is 14.1. The van der Waals surface area contributed by atoms with Crippen molar-refractivity contribution in [1.29, 1.82) is 0 Å². The van der Waals surface area contributed by atoms with Crippen LogP contribution in [0.3, 0.4) is 0 Å². The van der Waals surface area contributed by atoms with Crippen molar-refractivity contribution in [1.82, 2.24) is 4.90 Å². The predicted molar refractivity (Wildman–Crippen MR) is 98.2 cm³/mol. The second-order valence-corrected chi connectivity index (χ2v) is 7.59. The smallest absolute Gasteiger partial charge is 0.256 e. The highest BCUT2D eigenvalue weighted by atomic mass is 79.9. The summed E-state index contributed by atoms with van der Waals surface area (Å²) in [6, 6.07) is 5.68. The lowest BCUT2D eigenvalue weighted by Crippen LogP contribution is -2.40. The maximum Gasteiger partial charge on any atom is 0.256 e. The monoisotopic (exact) mass is 390 g/mol. The predicted octanol–water partition coefficient (Wildman–Crippen LogP) is 4.51. The van der Waals surface area contributed by atoms with E-state index in [1.807, 2.05) is 23.1 Å². The first-order valence-corrected chi connectivity index (χ1v) is 9.53. The van der Waals surface area contributed by atoms with E-state index < -0.39 is 5.54 Å². The van der Waals surface area contributed by atoms with Crippen molar-refractivity contribution in [3.05, 3.63) is 33.8 Å². The Balaban J connectivity index is 1.86. The van der Waals surface area contributed by atoms with Gasteiger partial charge in [0.05, 0.1) is 6.54 Å². The molecule has 0 unspecified atom stereocenters. The second-order valence-electron chi connectivity index (χ2n) is 6.74. The molecule has 0 atom stereocenters. The third kappa shape index (κ3) is 3.18. The summed E-state index contributed by atoms with van der Waals surface area (Å²) in [5.41, 5.74) is 1.08. The molecular weight excluding hydrogens is 368 g/mol. The summed E-state index contributed by atoms with van der Waals surface area (Å²) >= 11 is 3.37. The highest BCUT2D eigenvalue weighted by molar-refractivity contribution is 9.10. The van der Waals surface area contributed by atoms with E-state index in [0.717, 1.165) is 67.1 Å². The lowest BCUT2D eigenvalue weighted by Gasteiger charge is -2.23. The number of nitrogens with zero attached hydrogens (tertiary/aromatic N) is 2. The highest BCUT2D eigenvalue weighted by Gasteiger charge is 2.49. The van der Waals surface area contributed by atoms with E-state index in [0.29, 0.717) is 12.1 Å². The molecule has 0 aromatic heterocycles. The minimum absolute atomic E-state index is 0.154. The molecule has 1 aliphatic carbocycles. The molecule has 128 valence electrons. The Morgan fingerprint density at radius 2 is 2.08 bits per heavy atom. The zero-order chi connectivity index (χ0) is 17.2. The number of unbranched alkanes of at least 4 members (excludes halogenated alkanes) is 1. The molecule has 0 bridgehead atoms. The van der Waals surface area contributed by atoms with Crippen LogP contribution >= 0.6 is 15.9 Å². The third-order valence-corrected chi connectivity index (χ3v) is 5.73. The Kier molecular flexibility index (Phi) is 5.18. The molecule has 5 heteroatoms. The van der Waals surface area contributed by atoms with Crippen molar-refractivity contribution in [2.45, 2.75) is 64.0 Å². The molecule has 0 saturated heterocycles. The van der Waals surface area contributed by atoms with E-state index in [4.69, 9.17) is 4.99 Å². The van der Waals surface area contributed by atoms with Gasteiger partial charge in [-0.25, -0.2) is 0 Å². The van der Waals surface area contributed by atoms with Crippen LogP contribution in [-0.4, -0.2) is 28.5 Å². The summed E-state index contributed by atoms with van der Waals surface area (Å²) in [7, 11) is 0. The summed E-state index contributed by atoms with van der Waals surface area (Å²) < 4.78 is 0.779. The number of rotatable bonds is 6. The standard InChI is InChI=1S/C19H23BrN2O2/c1-2-3-6-17-21-19(9-4-5-10-19)18(24)22(17)12-14-7-8-16(20)15(11-14)13-23/h7-8,11,13H,2-6,9-10,12H2,1H3. The van der Waals surface area contributed by atoms with Crippen LogP contribution in [0.15, 0.2) is 27.7 Å². The number of carbonyl (C=O) groups is 2. The fourth-order valence-electron chi connectivity index (χ4n) is 3.66. The van der Waals surface area contributed by atoms with Gasteiger partial charge < -0.3 is 0 Å². The highest BCUT2D eigenvalue weighted by Crippen LogP contribution is 2.40. The average Bonchev–Trinajstić information content (AvgIpc) is 3.16. The molecule has 0 radical (unpaired) electrons. The van der Waals surface area contributed by atoms with Crippen LogP contribution < -0.4 is 0 Å². The van der Waals surface area contributed by atoms with Crippen molar-refractivity contribution < 1.29 is 9.59 Å². The molecule has 1 spiro atoms. The summed E-state index contributed by atoms with van der Waals surface area (Å²) in [5.74, 6) is 1.08. The van der Waals surface area contributed by atoms with Crippen LogP contribution in [-0.2, 0) is 11.3 Å². The third-order valence-electron chi connectivity index (χ3n) is 5.01. The average molecular weight is 391 g/mol. The quantitative estimate of drug-likeness (QED) is 0.671. The van der Waals surface area contributed by atoms with Crippen LogP contribution in [0.4, 0.5) is 0 Å². The molecule has 24 heavy (non-hydrogen) atoms. The summed E-state index contributed by atoms with van der Waals surface area (Å²) in [4.78, 5) is 31.0. The number of hydrogen-bond donors (Lipinski definition) is 0. The number of benzene rings is 1. The molecule has 1 aromatic rings. The molecule has 0 N–H and O–H groups in total. The topological polar surface area (TPSA) is 49.7 Å². The summed E-state index contributed by atoms with van der Waals surface area (Å²) in [5, 5.41) is 0. The largest absolute Gasteiger partial charge is 0.298 e. The Morgan fingerprint density at radius 3 is 2.75 bits per heavy atom. The molecule has 1 fully saturated rings. The number of aldehydes is 1. The van der Waals surface area contributed by atoms with Crippen molar-refractivity contribution in [2.24, 2.45) is 4.99 Å². The fraction of sp³-hybridized carbons (Fsp3) is 0.526. The van der Waals surface area contributed by atoms with Crippen LogP contribution in [0.25, 0.3) is 0 Å². The minimum Gasteiger partial charge on any atom is -0.298 e. The van der Waals surface area contributed by atoms with Gasteiger partial charge in [-0.2, -0.15) is 0 Å². The van der Waals surface area contributed by atoms with E-state index in [-0.39, 0.29) is 5.91 Å². The van der Waals surface area contributed by atoms with Gasteiger partial charge in [0, 0.05) is 16.5 Å². The molecule has 4 nitrogen and oxygen atoms in total. The molecule has 1 aliphatic heterocycles. The Labute approximate surface area is 151 Å². The molecule has 1 aromatic carbocycles. The molecule has 1 saturated carbocycles. The molecule has 2 aliphatic rings. The molecule has 3 rings (SSSR count). The van der Waals surface area contributed by atoms with Gasteiger partial charge in [0.2, 0.25) is 0 Å². The van der Waals surface area contributed by atoms with Gasteiger partial charge in [-0.3, -0.25) is 19.5 Å². The molecular formula is C19H23BrN2O2. The van der Waals surface area contributed by atoms with E-state index in [2.05, 4.69) is 22.9 Å². The van der Waals surface area contributed by atoms with Crippen LogP contribution in [0.1, 0.15) is 67.8 Å². The number of carbonyl (C=O) groups excluding carboxylic acids is 2. The van der Waals surface area contributed by atoms with E-state index in [1.165, 1.54) is 0 Å². The zero-order valence-corrected chi connectivity index (χ0v) is 15.6. The van der Waals surface area contributed by atoms with E-state index >= 15 is 0 Å². The van der Waals surface area contributed by atoms with E-state index in [1.54, 1.807) is 0 Å². The first kappa shape index (κ1) is 17.3. The van der Waals surface area contributed by atoms with Gasteiger partial charge in [-0.1, -0.05) is 48.2 Å². The number of amides is 1. The first-order valence-electron chi connectivity index (χ1n) is 8.74. The SMILES string of the molecule is CCCCC1=NC2(CCCC2)C(=O)N1Cc1ccc(Br)c(C=O)c1. The first-order chi connectivity index (χ1) is 11.6. The van der Waals surface area contributed by atoms with Crippen molar-refractivity contribution in [3.63, 3.8) is 0 Å². The normalized spacial score (nSPS) is 19.2. The van der Waals surface area contributed by atoms with Gasteiger partial charge in [0.15, 0.2) is 6.29 Å². The molecule has 1 heterocycles. The Hall–Kier alpha value is -1.49. The van der Waals surface area contributed by atoms with Crippen molar-refractivity contribution in [3.8, 4) is 0 Å². The lowest BCUT2D eigenvalue weighted by atomic mass is 9.98. The van der Waals surface area contributed by atoms with Gasteiger partial charge in [-0.05, 0) is 37.0 Å². The van der Waals surface area contributed by atoms with Gasteiger partial charge in [-0.15, -0.1) is 0 Å². The van der Waals surface area contributed by atoms with Crippen LogP contribution in [0.2, 0.25) is 0 Å². The van der Waals surface area contributed by atoms with Gasteiger partial charge in [0.25, 0.3) is 5.91 Å². The Bertz CT molecular complexity index is 678. The summed E-state index contributed by atoms with van der Waals surface area (Å²) in [6.45, 7) is 2.65. The van der Waals surface area contributed by atoms with Gasteiger partial charge in [0.1, 0.15) is 11.4 Å². The van der Waals surface area contributed by atoms with Crippen LogP contribution in [0, 0.1) is 0 Å². The number of hydrogen-bond acceptors (Lipinski definition) is 3. The van der Waals surface area contributed by atoms with E-state index in [9.17, 15) is 9.59 Å². The van der Waals surface area contributed by atoms with Crippen LogP contribution in [0.5, 0.6) is 0 Å². The molecule has 1 amide bonds. The maximum atomic E-state index is 13.1.